The number of nitrogens with two attached hydrogens (primary N) is 1. The molecule has 2 atom stereocenters. The third-order valence-electron chi connectivity index (χ3n) is 4.32. The van der Waals surface area contributed by atoms with Crippen LogP contribution in [-0.2, 0) is 19.0 Å². The second-order valence-electron chi connectivity index (χ2n) is 6.50. The molecule has 29 heavy (non-hydrogen) atoms. The molecule has 158 valence electrons. The van der Waals surface area contributed by atoms with E-state index in [1.54, 1.807) is 24.5 Å². The molecular formula is C21H28N2O6. The van der Waals surface area contributed by atoms with E-state index in [9.17, 15) is 9.59 Å². The monoisotopic (exact) mass is 404 g/mol. The average molecular weight is 404 g/mol. The molecule has 8 nitrogen and oxygen atoms in total. The molecule has 0 saturated carbocycles. The Bertz CT molecular complexity index is 745. The van der Waals surface area contributed by atoms with Gasteiger partial charge in [0.25, 0.3) is 5.91 Å². The van der Waals surface area contributed by atoms with E-state index < -0.39 is 17.9 Å². The quantitative estimate of drug-likeness (QED) is 0.391. The summed E-state index contributed by atoms with van der Waals surface area (Å²) in [6, 6.07) is 10.3. The van der Waals surface area contributed by atoms with Crippen LogP contribution in [0.5, 0.6) is 0 Å². The molecule has 0 aliphatic carbocycles. The Morgan fingerprint density at radius 1 is 1.14 bits per heavy atom. The van der Waals surface area contributed by atoms with Crippen LogP contribution in [-0.4, -0.2) is 51.6 Å². The Morgan fingerprint density at radius 3 is 2.48 bits per heavy atom. The summed E-state index contributed by atoms with van der Waals surface area (Å²) in [5.41, 5.74) is 6.80. The average Bonchev–Trinajstić information content (AvgIpc) is 3.25. The zero-order chi connectivity index (χ0) is 21.1. The van der Waals surface area contributed by atoms with Crippen molar-refractivity contribution in [2.75, 3.05) is 33.7 Å². The molecule has 0 radical (unpaired) electrons. The topological polar surface area (TPSA) is 113 Å². The SMILES string of the molecule is CCOCOC[C@H](C[C@H](COC)C(N)=O)NC(=O)c1ccc(-c2ccco2)cc1. The summed E-state index contributed by atoms with van der Waals surface area (Å²) in [5, 5.41) is 2.90. The van der Waals surface area contributed by atoms with Crippen LogP contribution in [0.15, 0.2) is 47.1 Å². The van der Waals surface area contributed by atoms with Crippen molar-refractivity contribution in [3.8, 4) is 11.3 Å². The first-order valence-electron chi connectivity index (χ1n) is 9.43. The van der Waals surface area contributed by atoms with Gasteiger partial charge in [-0.05, 0) is 37.6 Å². The summed E-state index contributed by atoms with van der Waals surface area (Å²) >= 11 is 0. The predicted octanol–water partition coefficient (Wildman–Crippen LogP) is 2.19. The van der Waals surface area contributed by atoms with E-state index >= 15 is 0 Å². The fourth-order valence-electron chi connectivity index (χ4n) is 2.81. The molecule has 2 rings (SSSR count). The van der Waals surface area contributed by atoms with E-state index in [0.29, 0.717) is 18.6 Å². The molecule has 3 N–H and O–H groups in total. The smallest absolute Gasteiger partial charge is 0.251 e. The Balaban J connectivity index is 2.03. The lowest BCUT2D eigenvalue weighted by Gasteiger charge is -2.22. The molecule has 0 unspecified atom stereocenters. The van der Waals surface area contributed by atoms with Crippen molar-refractivity contribution in [3.63, 3.8) is 0 Å². The van der Waals surface area contributed by atoms with Gasteiger partial charge in [-0.1, -0.05) is 12.1 Å². The number of carbonyl (C=O) groups excluding carboxylic acids is 2. The zero-order valence-electron chi connectivity index (χ0n) is 16.8. The molecule has 8 heteroatoms. The van der Waals surface area contributed by atoms with Gasteiger partial charge in [-0.2, -0.15) is 0 Å². The van der Waals surface area contributed by atoms with Gasteiger partial charge in [-0.15, -0.1) is 0 Å². The fourth-order valence-corrected chi connectivity index (χ4v) is 2.81. The Hall–Kier alpha value is -2.68. The number of methoxy groups -OCH3 is 1. The van der Waals surface area contributed by atoms with Gasteiger partial charge in [0.15, 0.2) is 0 Å². The Morgan fingerprint density at radius 2 is 1.90 bits per heavy atom. The number of nitrogens with one attached hydrogen (secondary N) is 1. The van der Waals surface area contributed by atoms with Gasteiger partial charge < -0.3 is 29.7 Å². The third kappa shape index (κ3) is 7.34. The van der Waals surface area contributed by atoms with Crippen LogP contribution in [0.4, 0.5) is 0 Å². The van der Waals surface area contributed by atoms with E-state index in [0.717, 1.165) is 11.3 Å². The van der Waals surface area contributed by atoms with Crippen molar-refractivity contribution in [1.82, 2.24) is 5.32 Å². The summed E-state index contributed by atoms with van der Waals surface area (Å²) in [6.07, 6.45) is 1.89. The minimum absolute atomic E-state index is 0.103. The number of hydrogen-bond acceptors (Lipinski definition) is 6. The van der Waals surface area contributed by atoms with Crippen molar-refractivity contribution in [2.24, 2.45) is 11.7 Å². The number of rotatable bonds is 13. The van der Waals surface area contributed by atoms with Crippen molar-refractivity contribution in [3.05, 3.63) is 48.2 Å². The lowest BCUT2D eigenvalue weighted by molar-refractivity contribution is -0.124. The highest BCUT2D eigenvalue weighted by Gasteiger charge is 2.23. The first-order chi connectivity index (χ1) is 14.0. The number of hydrogen-bond donors (Lipinski definition) is 2. The van der Waals surface area contributed by atoms with Gasteiger partial charge in [0.2, 0.25) is 5.91 Å². The van der Waals surface area contributed by atoms with Gasteiger partial charge in [0, 0.05) is 24.8 Å². The summed E-state index contributed by atoms with van der Waals surface area (Å²) in [5.74, 6) is -0.578. The number of primary amides is 1. The standard InChI is InChI=1S/C21H28N2O6/c1-3-27-14-28-13-18(11-17(12-26-2)20(22)24)23-21(25)16-8-6-15(7-9-16)19-5-4-10-29-19/h4-10,17-18H,3,11-14H2,1-2H3,(H2,22,24)(H,23,25)/t17-,18+/m1/s1. The number of amides is 2. The summed E-state index contributed by atoms with van der Waals surface area (Å²) in [4.78, 5) is 24.3. The van der Waals surface area contributed by atoms with Crippen LogP contribution >= 0.6 is 0 Å². The van der Waals surface area contributed by atoms with Crippen LogP contribution in [0.1, 0.15) is 23.7 Å². The second-order valence-corrected chi connectivity index (χ2v) is 6.50. The Labute approximate surface area is 170 Å². The van der Waals surface area contributed by atoms with E-state index in [1.807, 2.05) is 25.1 Å². The molecule has 0 fully saturated rings. The highest BCUT2D eigenvalue weighted by molar-refractivity contribution is 5.94. The highest BCUT2D eigenvalue weighted by atomic mass is 16.7. The zero-order valence-corrected chi connectivity index (χ0v) is 16.8. The summed E-state index contributed by atoms with van der Waals surface area (Å²) in [7, 11) is 1.50. The maximum atomic E-state index is 12.7. The van der Waals surface area contributed by atoms with Gasteiger partial charge >= 0.3 is 0 Å². The van der Waals surface area contributed by atoms with Crippen molar-refractivity contribution < 1.29 is 28.2 Å². The van der Waals surface area contributed by atoms with Crippen molar-refractivity contribution >= 4 is 11.8 Å². The molecule has 0 aliphatic rings. The highest BCUT2D eigenvalue weighted by Crippen LogP contribution is 2.20. The number of benzene rings is 1. The largest absolute Gasteiger partial charge is 0.464 e. The summed E-state index contributed by atoms with van der Waals surface area (Å²) < 4.78 is 21.0. The van der Waals surface area contributed by atoms with Gasteiger partial charge in [-0.25, -0.2) is 0 Å². The molecule has 0 bridgehead atoms. The van der Waals surface area contributed by atoms with Gasteiger partial charge in [0.1, 0.15) is 12.6 Å². The molecule has 0 aliphatic heterocycles. The van der Waals surface area contributed by atoms with Crippen LogP contribution in [0.25, 0.3) is 11.3 Å². The third-order valence-corrected chi connectivity index (χ3v) is 4.32. The lowest BCUT2D eigenvalue weighted by atomic mass is 10.00. The van der Waals surface area contributed by atoms with Crippen molar-refractivity contribution in [1.29, 1.82) is 0 Å². The number of ether oxygens (including phenoxy) is 3. The van der Waals surface area contributed by atoms with Gasteiger partial charge in [0.05, 0.1) is 31.4 Å². The maximum Gasteiger partial charge on any atom is 0.251 e. The molecule has 1 aromatic heterocycles. The number of furan rings is 1. The van der Waals surface area contributed by atoms with E-state index in [1.165, 1.54) is 7.11 Å². The molecule has 0 spiro atoms. The van der Waals surface area contributed by atoms with E-state index in [-0.39, 0.29) is 25.9 Å². The van der Waals surface area contributed by atoms with Crippen LogP contribution in [0, 0.1) is 5.92 Å². The first-order valence-corrected chi connectivity index (χ1v) is 9.43. The molecule has 1 aromatic carbocycles. The lowest BCUT2D eigenvalue weighted by Crippen LogP contribution is -2.42. The number of carbonyl (C=O) groups is 2. The molecule has 1 heterocycles. The molecule has 0 saturated heterocycles. The second kappa shape index (κ2) is 12.0. The van der Waals surface area contributed by atoms with E-state index in [4.69, 9.17) is 24.4 Å². The van der Waals surface area contributed by atoms with Crippen LogP contribution < -0.4 is 11.1 Å². The minimum Gasteiger partial charge on any atom is -0.464 e. The molecule has 2 amide bonds. The van der Waals surface area contributed by atoms with Crippen LogP contribution in [0.2, 0.25) is 0 Å². The van der Waals surface area contributed by atoms with Crippen LogP contribution in [0.3, 0.4) is 0 Å². The normalized spacial score (nSPS) is 13.0. The van der Waals surface area contributed by atoms with E-state index in [2.05, 4.69) is 5.32 Å². The first kappa shape index (κ1) is 22.6. The summed E-state index contributed by atoms with van der Waals surface area (Å²) in [6.45, 7) is 2.84. The molecular weight excluding hydrogens is 376 g/mol. The predicted molar refractivity (Wildman–Crippen MR) is 107 cm³/mol. The Kier molecular flexibility index (Phi) is 9.36. The maximum absolute atomic E-state index is 12.7. The minimum atomic E-state index is -0.540. The van der Waals surface area contributed by atoms with Gasteiger partial charge in [-0.3, -0.25) is 9.59 Å². The fraction of sp³-hybridized carbons (Fsp3) is 0.429. The van der Waals surface area contributed by atoms with Crippen molar-refractivity contribution in [2.45, 2.75) is 19.4 Å². The molecule has 2 aromatic rings.